The molecular formula is C20H24N4O. The second-order valence-electron chi connectivity index (χ2n) is 6.83. The van der Waals surface area contributed by atoms with E-state index in [0.717, 1.165) is 47.1 Å². The van der Waals surface area contributed by atoms with Gasteiger partial charge in [-0.2, -0.15) is 0 Å². The van der Waals surface area contributed by atoms with Crippen molar-refractivity contribution in [3.63, 3.8) is 0 Å². The smallest absolute Gasteiger partial charge is 0.129 e. The highest BCUT2D eigenvalue weighted by atomic mass is 16.3. The minimum atomic E-state index is 0.0934. The molecule has 25 heavy (non-hydrogen) atoms. The molecule has 2 aliphatic rings. The van der Waals surface area contributed by atoms with Crippen LogP contribution in [0.3, 0.4) is 0 Å². The minimum absolute atomic E-state index is 0.0934. The zero-order valence-corrected chi connectivity index (χ0v) is 14.3. The number of aliphatic hydroxyl groups is 1. The first kappa shape index (κ1) is 16.1. The number of nitrogens with one attached hydrogen (secondary N) is 1. The summed E-state index contributed by atoms with van der Waals surface area (Å²) in [5, 5.41) is 13.8. The molecule has 1 aromatic heterocycles. The number of anilines is 2. The van der Waals surface area contributed by atoms with E-state index in [1.165, 1.54) is 18.4 Å². The number of aliphatic imine (C=N–C) groups is 1. The van der Waals surface area contributed by atoms with Crippen molar-refractivity contribution in [1.82, 2.24) is 4.98 Å². The monoisotopic (exact) mass is 336 g/mol. The van der Waals surface area contributed by atoms with Gasteiger partial charge in [-0.1, -0.05) is 25.0 Å². The van der Waals surface area contributed by atoms with Gasteiger partial charge in [0, 0.05) is 23.7 Å². The number of fused-ring (bicyclic) bond motifs is 1. The number of allylic oxidation sites excluding steroid dienone is 1. The molecule has 5 heteroatoms. The Labute approximate surface area is 147 Å². The maximum atomic E-state index is 9.28. The SMILES string of the molecule is Nc1nc2cc(C3=CC=NC3)ccc2c(NCCO)c1C1CCCC1. The minimum Gasteiger partial charge on any atom is -0.395 e. The number of nitrogen functional groups attached to an aromatic ring is 1. The Balaban J connectivity index is 1.84. The average molecular weight is 336 g/mol. The van der Waals surface area contributed by atoms with Crippen molar-refractivity contribution < 1.29 is 5.11 Å². The van der Waals surface area contributed by atoms with Gasteiger partial charge in [0.15, 0.2) is 0 Å². The van der Waals surface area contributed by atoms with E-state index in [1.54, 1.807) is 0 Å². The van der Waals surface area contributed by atoms with Gasteiger partial charge in [0.05, 0.1) is 24.4 Å². The molecule has 0 radical (unpaired) electrons. The van der Waals surface area contributed by atoms with Gasteiger partial charge in [-0.25, -0.2) is 4.98 Å². The summed E-state index contributed by atoms with van der Waals surface area (Å²) in [6.07, 6.45) is 8.70. The third-order valence-corrected chi connectivity index (χ3v) is 5.24. The average Bonchev–Trinajstić information content (AvgIpc) is 3.32. The molecule has 1 aliphatic carbocycles. The Hall–Kier alpha value is -2.40. The molecule has 0 saturated heterocycles. The zero-order chi connectivity index (χ0) is 17.2. The number of hydrogen-bond acceptors (Lipinski definition) is 5. The first-order chi connectivity index (χ1) is 12.3. The van der Waals surface area contributed by atoms with Crippen molar-refractivity contribution in [1.29, 1.82) is 0 Å². The van der Waals surface area contributed by atoms with E-state index in [4.69, 9.17) is 10.7 Å². The molecule has 1 aromatic carbocycles. The van der Waals surface area contributed by atoms with E-state index in [-0.39, 0.29) is 6.61 Å². The third-order valence-electron chi connectivity index (χ3n) is 5.24. The fraction of sp³-hybridized carbons (Fsp3) is 0.400. The molecule has 0 spiro atoms. The normalized spacial score (nSPS) is 17.4. The Morgan fingerprint density at radius 2 is 2.08 bits per heavy atom. The summed E-state index contributed by atoms with van der Waals surface area (Å²) in [4.78, 5) is 8.99. The van der Waals surface area contributed by atoms with Crippen LogP contribution in [-0.4, -0.2) is 36.0 Å². The highest BCUT2D eigenvalue weighted by Crippen LogP contribution is 2.43. The lowest BCUT2D eigenvalue weighted by atomic mass is 9.93. The van der Waals surface area contributed by atoms with E-state index >= 15 is 0 Å². The van der Waals surface area contributed by atoms with Crippen LogP contribution >= 0.6 is 0 Å². The van der Waals surface area contributed by atoms with Gasteiger partial charge in [0.25, 0.3) is 0 Å². The second-order valence-corrected chi connectivity index (χ2v) is 6.83. The Bertz CT molecular complexity index is 850. The fourth-order valence-electron chi connectivity index (χ4n) is 4.03. The van der Waals surface area contributed by atoms with Crippen LogP contribution < -0.4 is 11.1 Å². The van der Waals surface area contributed by atoms with E-state index in [9.17, 15) is 5.11 Å². The van der Waals surface area contributed by atoms with Crippen molar-refractivity contribution in [2.45, 2.75) is 31.6 Å². The van der Waals surface area contributed by atoms with Gasteiger partial charge >= 0.3 is 0 Å². The molecule has 2 heterocycles. The largest absolute Gasteiger partial charge is 0.395 e. The van der Waals surface area contributed by atoms with E-state index in [2.05, 4.69) is 28.5 Å². The van der Waals surface area contributed by atoms with E-state index in [1.807, 2.05) is 12.3 Å². The summed E-state index contributed by atoms with van der Waals surface area (Å²) in [6, 6.07) is 6.34. The lowest BCUT2D eigenvalue weighted by Gasteiger charge is -2.21. The highest BCUT2D eigenvalue weighted by Gasteiger charge is 2.25. The van der Waals surface area contributed by atoms with Crippen LogP contribution in [0.2, 0.25) is 0 Å². The molecule has 5 nitrogen and oxygen atoms in total. The molecule has 0 unspecified atom stereocenters. The molecule has 130 valence electrons. The number of hydrogen-bond donors (Lipinski definition) is 3. The molecule has 1 fully saturated rings. The van der Waals surface area contributed by atoms with Crippen LogP contribution in [0.15, 0.2) is 29.3 Å². The van der Waals surface area contributed by atoms with Gasteiger partial charge in [-0.3, -0.25) is 4.99 Å². The van der Waals surface area contributed by atoms with Crippen LogP contribution in [0, 0.1) is 0 Å². The van der Waals surface area contributed by atoms with Gasteiger partial charge in [-0.15, -0.1) is 0 Å². The van der Waals surface area contributed by atoms with E-state index in [0.29, 0.717) is 18.3 Å². The molecule has 1 saturated carbocycles. The van der Waals surface area contributed by atoms with Gasteiger partial charge in [0.2, 0.25) is 0 Å². The number of aromatic nitrogens is 1. The summed E-state index contributed by atoms with van der Waals surface area (Å²) in [5.41, 5.74) is 11.8. The van der Waals surface area contributed by atoms with Crippen LogP contribution in [0.25, 0.3) is 16.5 Å². The first-order valence-corrected chi connectivity index (χ1v) is 9.05. The molecule has 0 amide bonds. The lowest BCUT2D eigenvalue weighted by Crippen LogP contribution is -2.12. The first-order valence-electron chi connectivity index (χ1n) is 9.05. The molecular weight excluding hydrogens is 312 g/mol. The van der Waals surface area contributed by atoms with Gasteiger partial charge in [0.1, 0.15) is 5.82 Å². The maximum absolute atomic E-state index is 9.28. The maximum Gasteiger partial charge on any atom is 0.129 e. The van der Waals surface area contributed by atoms with Crippen molar-refractivity contribution in [2.75, 3.05) is 30.7 Å². The quantitative estimate of drug-likeness (QED) is 0.782. The second kappa shape index (κ2) is 6.84. The van der Waals surface area contributed by atoms with Crippen molar-refractivity contribution in [2.24, 2.45) is 4.99 Å². The summed E-state index contributed by atoms with van der Waals surface area (Å²) >= 11 is 0. The molecule has 2 aromatic rings. The van der Waals surface area contributed by atoms with Crippen LogP contribution in [0.4, 0.5) is 11.5 Å². The Kier molecular flexibility index (Phi) is 4.40. The molecule has 0 bridgehead atoms. The van der Waals surface area contributed by atoms with Crippen molar-refractivity contribution in [3.8, 4) is 0 Å². The van der Waals surface area contributed by atoms with Crippen LogP contribution in [-0.2, 0) is 0 Å². The molecule has 4 rings (SSSR count). The number of aliphatic hydroxyl groups excluding tert-OH is 1. The predicted octanol–water partition coefficient (Wildman–Crippen LogP) is 3.35. The zero-order valence-electron chi connectivity index (χ0n) is 14.3. The lowest BCUT2D eigenvalue weighted by molar-refractivity contribution is 0.311. The number of rotatable bonds is 5. The number of nitrogens with zero attached hydrogens (tertiary/aromatic N) is 2. The third kappa shape index (κ3) is 3.00. The van der Waals surface area contributed by atoms with Gasteiger partial charge in [-0.05, 0) is 42.0 Å². The standard InChI is InChI=1S/C20H24N4O/c21-20-18(13-3-1-2-4-13)19(23-9-10-25)16-6-5-14(11-17(16)24-20)15-7-8-22-12-15/h5-8,11,13,25H,1-4,9-10,12H2,(H3,21,23,24). The number of nitrogens with two attached hydrogens (primary N) is 1. The summed E-state index contributed by atoms with van der Waals surface area (Å²) in [5.74, 6) is 1.08. The summed E-state index contributed by atoms with van der Waals surface area (Å²) < 4.78 is 0. The molecule has 0 atom stereocenters. The molecule has 1 aliphatic heterocycles. The van der Waals surface area contributed by atoms with Crippen molar-refractivity contribution in [3.05, 3.63) is 35.4 Å². The van der Waals surface area contributed by atoms with Crippen molar-refractivity contribution >= 4 is 34.2 Å². The topological polar surface area (TPSA) is 83.5 Å². The fourth-order valence-corrected chi connectivity index (χ4v) is 4.03. The van der Waals surface area contributed by atoms with Crippen LogP contribution in [0.5, 0.6) is 0 Å². The predicted molar refractivity (Wildman–Crippen MR) is 104 cm³/mol. The van der Waals surface area contributed by atoms with Gasteiger partial charge < -0.3 is 16.2 Å². The highest BCUT2D eigenvalue weighted by molar-refractivity contribution is 5.98. The summed E-state index contributed by atoms with van der Waals surface area (Å²) in [6.45, 7) is 1.33. The summed E-state index contributed by atoms with van der Waals surface area (Å²) in [7, 11) is 0. The molecule has 4 N–H and O–H groups in total. The number of benzene rings is 1. The Morgan fingerprint density at radius 1 is 1.24 bits per heavy atom. The Morgan fingerprint density at radius 3 is 2.80 bits per heavy atom. The van der Waals surface area contributed by atoms with Crippen LogP contribution in [0.1, 0.15) is 42.7 Å². The van der Waals surface area contributed by atoms with E-state index < -0.39 is 0 Å². The number of pyridine rings is 1.